The van der Waals surface area contributed by atoms with Crippen LogP contribution in [0, 0.1) is 0 Å². The van der Waals surface area contributed by atoms with E-state index in [9.17, 15) is 8.42 Å². The lowest BCUT2D eigenvalue weighted by Crippen LogP contribution is -2.25. The van der Waals surface area contributed by atoms with E-state index < -0.39 is 10.0 Å². The number of hydrogen-bond donors (Lipinski definition) is 1. The van der Waals surface area contributed by atoms with E-state index in [-0.39, 0.29) is 11.8 Å². The number of primary sulfonamides is 1. The van der Waals surface area contributed by atoms with Crippen LogP contribution in [0.5, 0.6) is 0 Å². The van der Waals surface area contributed by atoms with Gasteiger partial charge in [-0.2, -0.15) is 0 Å². The minimum Gasteiger partial charge on any atom is -0.329 e. The first kappa shape index (κ1) is 11.8. The molecular weight excluding hydrogens is 238 g/mol. The number of nitrogens with zero attached hydrogens (tertiary/aromatic N) is 2. The van der Waals surface area contributed by atoms with Crippen molar-refractivity contribution in [2.75, 3.05) is 5.75 Å². The van der Waals surface area contributed by atoms with E-state index in [1.54, 1.807) is 23.3 Å². The molecule has 0 aliphatic rings. The van der Waals surface area contributed by atoms with E-state index in [1.807, 2.05) is 30.3 Å². The van der Waals surface area contributed by atoms with Gasteiger partial charge in [-0.1, -0.05) is 30.3 Å². The molecule has 1 aromatic heterocycles. The normalized spacial score (nSPS) is 13.5. The first-order valence-corrected chi connectivity index (χ1v) is 6.81. The Morgan fingerprint density at radius 1 is 1.29 bits per heavy atom. The van der Waals surface area contributed by atoms with Crippen LogP contribution in [-0.4, -0.2) is 23.7 Å². The number of imidazole rings is 1. The molecule has 0 saturated carbocycles. The second kappa shape index (κ2) is 4.68. The molecule has 2 rings (SSSR count). The topological polar surface area (TPSA) is 78.0 Å². The highest BCUT2D eigenvalue weighted by atomic mass is 32.2. The van der Waals surface area contributed by atoms with Crippen LogP contribution in [0.1, 0.15) is 11.6 Å². The predicted molar refractivity (Wildman–Crippen MR) is 64.8 cm³/mol. The number of sulfonamides is 1. The predicted octanol–water partition coefficient (Wildman–Crippen LogP) is 0.761. The van der Waals surface area contributed by atoms with Crippen LogP contribution in [0.15, 0.2) is 49.1 Å². The van der Waals surface area contributed by atoms with Crippen LogP contribution < -0.4 is 5.14 Å². The number of benzene rings is 1. The molecule has 1 aromatic carbocycles. The van der Waals surface area contributed by atoms with E-state index in [0.29, 0.717) is 0 Å². The molecule has 90 valence electrons. The standard InChI is InChI=1S/C11H13N3O2S/c12-17(15,16)8-11(14-7-6-13-9-14)10-4-2-1-3-5-10/h1-7,9,11H,8H2,(H2,12,15,16). The summed E-state index contributed by atoms with van der Waals surface area (Å²) >= 11 is 0. The fraction of sp³-hybridized carbons (Fsp3) is 0.182. The molecule has 0 radical (unpaired) electrons. The average Bonchev–Trinajstić information content (AvgIpc) is 2.79. The lowest BCUT2D eigenvalue weighted by Gasteiger charge is -2.17. The third kappa shape index (κ3) is 3.15. The minimum atomic E-state index is -3.55. The molecule has 2 aromatic rings. The van der Waals surface area contributed by atoms with Gasteiger partial charge in [0.15, 0.2) is 0 Å². The van der Waals surface area contributed by atoms with E-state index in [1.165, 1.54) is 0 Å². The fourth-order valence-electron chi connectivity index (χ4n) is 1.70. The molecule has 0 aliphatic heterocycles. The molecule has 0 saturated heterocycles. The Hall–Kier alpha value is -1.66. The average molecular weight is 251 g/mol. The summed E-state index contributed by atoms with van der Waals surface area (Å²) in [5, 5.41) is 5.12. The van der Waals surface area contributed by atoms with Gasteiger partial charge in [-0.15, -0.1) is 0 Å². The maximum Gasteiger partial charge on any atom is 0.211 e. The van der Waals surface area contributed by atoms with E-state index in [0.717, 1.165) is 5.56 Å². The third-order valence-corrected chi connectivity index (χ3v) is 3.24. The van der Waals surface area contributed by atoms with Crippen molar-refractivity contribution in [1.82, 2.24) is 9.55 Å². The van der Waals surface area contributed by atoms with Crippen LogP contribution in [0.4, 0.5) is 0 Å². The Kier molecular flexibility index (Phi) is 3.26. The monoisotopic (exact) mass is 251 g/mol. The summed E-state index contributed by atoms with van der Waals surface area (Å²) in [6, 6.07) is 9.01. The number of rotatable bonds is 4. The molecule has 1 atom stereocenters. The van der Waals surface area contributed by atoms with Crippen molar-refractivity contribution in [3.8, 4) is 0 Å². The molecule has 0 fully saturated rings. The minimum absolute atomic E-state index is 0.145. The van der Waals surface area contributed by atoms with Crippen LogP contribution in [0.2, 0.25) is 0 Å². The molecule has 0 aliphatic carbocycles. The van der Waals surface area contributed by atoms with Crippen LogP contribution in [-0.2, 0) is 10.0 Å². The van der Waals surface area contributed by atoms with Crippen LogP contribution in [0.25, 0.3) is 0 Å². The van der Waals surface area contributed by atoms with E-state index in [2.05, 4.69) is 4.98 Å². The Labute approximate surface area is 100.0 Å². The van der Waals surface area contributed by atoms with Crippen molar-refractivity contribution >= 4 is 10.0 Å². The summed E-state index contributed by atoms with van der Waals surface area (Å²) in [4.78, 5) is 3.93. The van der Waals surface area contributed by atoms with Gasteiger partial charge in [0.05, 0.1) is 18.1 Å². The van der Waals surface area contributed by atoms with Crippen molar-refractivity contribution in [1.29, 1.82) is 0 Å². The first-order valence-electron chi connectivity index (χ1n) is 5.09. The second-order valence-electron chi connectivity index (χ2n) is 3.77. The maximum atomic E-state index is 11.3. The molecular formula is C11H13N3O2S. The van der Waals surface area contributed by atoms with Gasteiger partial charge in [0.1, 0.15) is 0 Å². The van der Waals surface area contributed by atoms with Crippen molar-refractivity contribution in [2.24, 2.45) is 5.14 Å². The van der Waals surface area contributed by atoms with Crippen molar-refractivity contribution in [3.05, 3.63) is 54.6 Å². The number of hydrogen-bond acceptors (Lipinski definition) is 3. The summed E-state index contributed by atoms with van der Waals surface area (Å²) in [6.07, 6.45) is 4.92. The quantitative estimate of drug-likeness (QED) is 0.871. The van der Waals surface area contributed by atoms with Crippen LogP contribution >= 0.6 is 0 Å². The zero-order chi connectivity index (χ0) is 12.3. The number of nitrogens with two attached hydrogens (primary N) is 1. The zero-order valence-electron chi connectivity index (χ0n) is 9.10. The third-order valence-electron chi connectivity index (χ3n) is 2.46. The number of aromatic nitrogens is 2. The van der Waals surface area contributed by atoms with Gasteiger partial charge in [-0.3, -0.25) is 0 Å². The smallest absolute Gasteiger partial charge is 0.211 e. The highest BCUT2D eigenvalue weighted by Crippen LogP contribution is 2.18. The summed E-state index contributed by atoms with van der Waals surface area (Å²) in [5.41, 5.74) is 0.888. The fourth-order valence-corrected chi connectivity index (χ4v) is 2.51. The van der Waals surface area contributed by atoms with Gasteiger partial charge in [0.2, 0.25) is 10.0 Å². The van der Waals surface area contributed by atoms with Gasteiger partial charge < -0.3 is 4.57 Å². The highest BCUT2D eigenvalue weighted by Gasteiger charge is 2.18. The summed E-state index contributed by atoms with van der Waals surface area (Å²) in [7, 11) is -3.55. The van der Waals surface area contributed by atoms with Crippen molar-refractivity contribution < 1.29 is 8.42 Å². The molecule has 1 heterocycles. The van der Waals surface area contributed by atoms with Gasteiger partial charge in [-0.25, -0.2) is 18.5 Å². The van der Waals surface area contributed by atoms with Gasteiger partial charge in [0.25, 0.3) is 0 Å². The Bertz CT molecular complexity index is 564. The maximum absolute atomic E-state index is 11.3. The molecule has 0 bridgehead atoms. The van der Waals surface area contributed by atoms with E-state index in [4.69, 9.17) is 5.14 Å². The summed E-state index contributed by atoms with van der Waals surface area (Å²) in [6.45, 7) is 0. The Balaban J connectivity index is 2.38. The molecule has 17 heavy (non-hydrogen) atoms. The summed E-state index contributed by atoms with van der Waals surface area (Å²) < 4.78 is 24.2. The lowest BCUT2D eigenvalue weighted by atomic mass is 10.1. The van der Waals surface area contributed by atoms with E-state index >= 15 is 0 Å². The SMILES string of the molecule is NS(=O)(=O)CC(c1ccccc1)n1ccnc1. The highest BCUT2D eigenvalue weighted by molar-refractivity contribution is 7.89. The molecule has 6 heteroatoms. The second-order valence-corrected chi connectivity index (χ2v) is 5.42. The van der Waals surface area contributed by atoms with Crippen LogP contribution in [0.3, 0.4) is 0 Å². The lowest BCUT2D eigenvalue weighted by molar-refractivity contribution is 0.572. The molecule has 2 N–H and O–H groups in total. The van der Waals surface area contributed by atoms with Crippen molar-refractivity contribution in [3.63, 3.8) is 0 Å². The Morgan fingerprint density at radius 2 is 2.00 bits per heavy atom. The van der Waals surface area contributed by atoms with Gasteiger partial charge >= 0.3 is 0 Å². The Morgan fingerprint density at radius 3 is 2.53 bits per heavy atom. The molecule has 5 nitrogen and oxygen atoms in total. The molecule has 1 unspecified atom stereocenters. The first-order chi connectivity index (χ1) is 8.06. The van der Waals surface area contributed by atoms with Crippen molar-refractivity contribution in [2.45, 2.75) is 6.04 Å². The van der Waals surface area contributed by atoms with Gasteiger partial charge in [0, 0.05) is 12.4 Å². The summed E-state index contributed by atoms with van der Waals surface area (Å²) in [5.74, 6) is -0.145. The van der Waals surface area contributed by atoms with Gasteiger partial charge in [-0.05, 0) is 5.56 Å². The molecule has 0 spiro atoms. The zero-order valence-corrected chi connectivity index (χ0v) is 9.92. The largest absolute Gasteiger partial charge is 0.329 e. The molecule has 0 amide bonds.